The van der Waals surface area contributed by atoms with Crippen LogP contribution < -0.4 is 10.6 Å². The Morgan fingerprint density at radius 1 is 1.33 bits per heavy atom. The van der Waals surface area contributed by atoms with Crippen LogP contribution in [0.4, 0.5) is 15.9 Å². The van der Waals surface area contributed by atoms with Gasteiger partial charge in [0.2, 0.25) is 0 Å². The number of aromatic nitrogens is 1. The maximum Gasteiger partial charge on any atom is 0.262 e. The van der Waals surface area contributed by atoms with Gasteiger partial charge in [-0.2, -0.15) is 0 Å². The maximum atomic E-state index is 13.6. The van der Waals surface area contributed by atoms with Crippen LogP contribution in [0.1, 0.15) is 10.4 Å². The lowest BCUT2D eigenvalue weighted by Crippen LogP contribution is -2.27. The van der Waals surface area contributed by atoms with Crippen molar-refractivity contribution in [3.8, 4) is 0 Å². The van der Waals surface area contributed by atoms with Crippen molar-refractivity contribution in [2.75, 3.05) is 17.7 Å². The third kappa shape index (κ3) is 2.29. The van der Waals surface area contributed by atoms with Gasteiger partial charge in [0, 0.05) is 18.9 Å². The molecule has 0 unspecified atom stereocenters. The number of carbonyl (C=O) groups excluding carboxylic acids is 1. The highest BCUT2D eigenvalue weighted by atomic mass is 19.1. The zero-order valence-corrected chi connectivity index (χ0v) is 9.80. The van der Waals surface area contributed by atoms with Crippen molar-refractivity contribution in [2.24, 2.45) is 0 Å². The van der Waals surface area contributed by atoms with E-state index in [-0.39, 0.29) is 5.56 Å². The van der Waals surface area contributed by atoms with Gasteiger partial charge < -0.3 is 5.73 Å². The molecule has 0 aliphatic carbocycles. The molecule has 0 bridgehead atoms. The summed E-state index contributed by atoms with van der Waals surface area (Å²) >= 11 is 0. The molecule has 2 rings (SSSR count). The molecule has 5 heteroatoms. The lowest BCUT2D eigenvalue weighted by Gasteiger charge is -2.16. The van der Waals surface area contributed by atoms with Crippen LogP contribution in [-0.2, 0) is 0 Å². The third-order valence-corrected chi connectivity index (χ3v) is 2.52. The molecule has 1 amide bonds. The second kappa shape index (κ2) is 4.83. The van der Waals surface area contributed by atoms with Crippen LogP contribution in [0.5, 0.6) is 0 Å². The summed E-state index contributed by atoms with van der Waals surface area (Å²) in [5.74, 6) is -0.639. The van der Waals surface area contributed by atoms with Crippen molar-refractivity contribution >= 4 is 17.4 Å². The second-order valence-corrected chi connectivity index (χ2v) is 3.79. The highest BCUT2D eigenvalue weighted by molar-refractivity contribution is 6.05. The molecule has 0 aliphatic heterocycles. The van der Waals surface area contributed by atoms with E-state index in [0.29, 0.717) is 11.5 Å². The van der Waals surface area contributed by atoms with E-state index in [9.17, 15) is 9.18 Å². The molecule has 0 saturated carbocycles. The average Bonchev–Trinajstić information content (AvgIpc) is 2.41. The summed E-state index contributed by atoms with van der Waals surface area (Å²) in [7, 11) is 1.54. The van der Waals surface area contributed by atoms with Gasteiger partial charge in [0.1, 0.15) is 11.6 Å². The highest BCUT2D eigenvalue weighted by Crippen LogP contribution is 2.17. The molecule has 1 aromatic heterocycles. The van der Waals surface area contributed by atoms with Gasteiger partial charge in [0.25, 0.3) is 5.91 Å². The summed E-state index contributed by atoms with van der Waals surface area (Å²) in [5, 5.41) is 0. The first-order valence-electron chi connectivity index (χ1n) is 5.33. The number of anilines is 2. The largest absolute Gasteiger partial charge is 0.399 e. The zero-order valence-electron chi connectivity index (χ0n) is 9.80. The first kappa shape index (κ1) is 12.0. The summed E-state index contributed by atoms with van der Waals surface area (Å²) in [6.45, 7) is 0. The van der Waals surface area contributed by atoms with Gasteiger partial charge in [-0.25, -0.2) is 9.37 Å². The molecule has 0 atom stereocenters. The van der Waals surface area contributed by atoms with Crippen molar-refractivity contribution in [3.63, 3.8) is 0 Å². The fourth-order valence-corrected chi connectivity index (χ4v) is 1.54. The molecule has 0 fully saturated rings. The topological polar surface area (TPSA) is 59.2 Å². The number of hydrogen-bond donors (Lipinski definition) is 1. The molecule has 4 nitrogen and oxygen atoms in total. The SMILES string of the molecule is CN(C(=O)c1cc(N)ccc1F)c1ccccn1. The Kier molecular flexibility index (Phi) is 3.23. The number of amides is 1. The van der Waals surface area contributed by atoms with Gasteiger partial charge in [-0.1, -0.05) is 6.07 Å². The Hall–Kier alpha value is -2.43. The quantitative estimate of drug-likeness (QED) is 0.824. The maximum absolute atomic E-state index is 13.6. The third-order valence-electron chi connectivity index (χ3n) is 2.52. The van der Waals surface area contributed by atoms with E-state index < -0.39 is 11.7 Å². The van der Waals surface area contributed by atoms with E-state index in [4.69, 9.17) is 5.73 Å². The molecule has 0 spiro atoms. The van der Waals surface area contributed by atoms with E-state index >= 15 is 0 Å². The smallest absolute Gasteiger partial charge is 0.262 e. The fourth-order valence-electron chi connectivity index (χ4n) is 1.54. The number of carbonyl (C=O) groups is 1. The number of pyridine rings is 1. The number of nitrogen functional groups attached to an aromatic ring is 1. The number of benzene rings is 1. The van der Waals surface area contributed by atoms with Crippen LogP contribution in [0.25, 0.3) is 0 Å². The van der Waals surface area contributed by atoms with Crippen molar-refractivity contribution in [2.45, 2.75) is 0 Å². The number of hydrogen-bond acceptors (Lipinski definition) is 3. The Bertz CT molecular complexity index is 572. The monoisotopic (exact) mass is 245 g/mol. The van der Waals surface area contributed by atoms with E-state index in [1.165, 1.54) is 30.1 Å². The number of rotatable bonds is 2. The zero-order chi connectivity index (χ0) is 13.1. The van der Waals surface area contributed by atoms with Crippen LogP contribution in [-0.4, -0.2) is 17.9 Å². The molecule has 1 aromatic carbocycles. The minimum atomic E-state index is -0.600. The normalized spacial score (nSPS) is 10.1. The molecule has 0 aliphatic rings. The molecule has 0 saturated heterocycles. The predicted molar refractivity (Wildman–Crippen MR) is 67.8 cm³/mol. The summed E-state index contributed by atoms with van der Waals surface area (Å²) in [6, 6.07) is 9.06. The first-order valence-corrected chi connectivity index (χ1v) is 5.33. The van der Waals surface area contributed by atoms with E-state index in [1.807, 2.05) is 0 Å². The summed E-state index contributed by atoms with van der Waals surface area (Å²) in [4.78, 5) is 17.4. The summed E-state index contributed by atoms with van der Waals surface area (Å²) in [6.07, 6.45) is 1.56. The second-order valence-electron chi connectivity index (χ2n) is 3.79. The Labute approximate surface area is 104 Å². The van der Waals surface area contributed by atoms with E-state index in [2.05, 4.69) is 4.98 Å². The van der Waals surface area contributed by atoms with Crippen LogP contribution in [0, 0.1) is 5.82 Å². The average molecular weight is 245 g/mol. The van der Waals surface area contributed by atoms with Crippen LogP contribution in [0.2, 0.25) is 0 Å². The standard InChI is InChI=1S/C13H12FN3O/c1-17(12-4-2-3-7-16-12)13(18)10-8-9(15)5-6-11(10)14/h2-8H,15H2,1H3. The number of nitrogens with zero attached hydrogens (tertiary/aromatic N) is 2. The summed E-state index contributed by atoms with van der Waals surface area (Å²) in [5.41, 5.74) is 5.83. The fraction of sp³-hybridized carbons (Fsp3) is 0.0769. The Morgan fingerprint density at radius 2 is 2.11 bits per heavy atom. The molecular formula is C13H12FN3O. The Morgan fingerprint density at radius 3 is 2.78 bits per heavy atom. The van der Waals surface area contributed by atoms with Crippen molar-refractivity contribution in [1.29, 1.82) is 0 Å². The molecule has 0 radical (unpaired) electrons. The van der Waals surface area contributed by atoms with E-state index in [1.54, 1.807) is 24.4 Å². The van der Waals surface area contributed by atoms with Crippen molar-refractivity contribution in [3.05, 3.63) is 54.0 Å². The van der Waals surface area contributed by atoms with Crippen LogP contribution >= 0.6 is 0 Å². The molecular weight excluding hydrogens is 233 g/mol. The van der Waals surface area contributed by atoms with E-state index in [0.717, 1.165) is 0 Å². The van der Waals surface area contributed by atoms with Gasteiger partial charge in [-0.05, 0) is 30.3 Å². The predicted octanol–water partition coefficient (Wildman–Crippen LogP) is 2.08. The minimum Gasteiger partial charge on any atom is -0.399 e. The molecule has 2 N–H and O–H groups in total. The van der Waals surface area contributed by atoms with Crippen molar-refractivity contribution < 1.29 is 9.18 Å². The van der Waals surface area contributed by atoms with Gasteiger partial charge in [-0.3, -0.25) is 9.69 Å². The van der Waals surface area contributed by atoms with Gasteiger partial charge in [-0.15, -0.1) is 0 Å². The van der Waals surface area contributed by atoms with Crippen LogP contribution in [0.3, 0.4) is 0 Å². The lowest BCUT2D eigenvalue weighted by atomic mass is 10.1. The molecule has 2 aromatic rings. The Balaban J connectivity index is 2.34. The molecule has 18 heavy (non-hydrogen) atoms. The van der Waals surface area contributed by atoms with Crippen LogP contribution in [0.15, 0.2) is 42.6 Å². The first-order chi connectivity index (χ1) is 8.59. The summed E-state index contributed by atoms with van der Waals surface area (Å²) < 4.78 is 13.6. The molecule has 92 valence electrons. The lowest BCUT2D eigenvalue weighted by molar-refractivity contribution is 0.0988. The molecule has 1 heterocycles. The van der Waals surface area contributed by atoms with Gasteiger partial charge in [0.05, 0.1) is 5.56 Å². The minimum absolute atomic E-state index is 0.0665. The number of halogens is 1. The van der Waals surface area contributed by atoms with Crippen molar-refractivity contribution in [1.82, 2.24) is 4.98 Å². The number of nitrogens with two attached hydrogens (primary N) is 1. The van der Waals surface area contributed by atoms with Gasteiger partial charge in [0.15, 0.2) is 0 Å². The van der Waals surface area contributed by atoms with Gasteiger partial charge >= 0.3 is 0 Å². The highest BCUT2D eigenvalue weighted by Gasteiger charge is 2.18.